The van der Waals surface area contributed by atoms with Crippen LogP contribution in [0, 0.1) is 10.8 Å². The summed E-state index contributed by atoms with van der Waals surface area (Å²) in [4.78, 5) is 0. The normalized spacial score (nSPS) is 17.8. The van der Waals surface area contributed by atoms with E-state index in [2.05, 4.69) is 10.6 Å². The van der Waals surface area contributed by atoms with Crippen LogP contribution in [-0.4, -0.2) is 31.2 Å². The van der Waals surface area contributed by atoms with Gasteiger partial charge in [0.05, 0.1) is 0 Å². The van der Waals surface area contributed by atoms with Gasteiger partial charge in [0.1, 0.15) is 0 Å². The van der Waals surface area contributed by atoms with Gasteiger partial charge in [-0.15, -0.1) is 0 Å². The molecule has 6 heteroatoms. The fourth-order valence-electron chi connectivity index (χ4n) is 1.22. The highest BCUT2D eigenvalue weighted by molar-refractivity contribution is 5.94. The van der Waals surface area contributed by atoms with Gasteiger partial charge in [0.15, 0.2) is 11.9 Å². The van der Waals surface area contributed by atoms with Crippen molar-refractivity contribution in [2.45, 2.75) is 18.9 Å². The summed E-state index contributed by atoms with van der Waals surface area (Å²) in [6.07, 6.45) is 1.78. The smallest absolute Gasteiger partial charge is 0.195 e. The van der Waals surface area contributed by atoms with Crippen molar-refractivity contribution < 1.29 is 4.74 Å². The molecule has 0 atom stereocenters. The second kappa shape index (κ2) is 4.66. The van der Waals surface area contributed by atoms with Crippen LogP contribution in [0.25, 0.3) is 0 Å². The van der Waals surface area contributed by atoms with Crippen molar-refractivity contribution in [3.8, 4) is 0 Å². The van der Waals surface area contributed by atoms with E-state index in [0.29, 0.717) is 0 Å². The van der Waals surface area contributed by atoms with Crippen LogP contribution < -0.4 is 16.4 Å². The summed E-state index contributed by atoms with van der Waals surface area (Å²) in [5.41, 5.74) is 5.07. The lowest BCUT2D eigenvalue weighted by molar-refractivity contribution is 0.0822. The lowest BCUT2D eigenvalue weighted by Gasteiger charge is -2.24. The number of nitrogens with two attached hydrogens (primary N) is 1. The Labute approximate surface area is 76.8 Å². The summed E-state index contributed by atoms with van der Waals surface area (Å²) in [5.74, 6) is -0.135. The molecule has 0 spiro atoms. The van der Waals surface area contributed by atoms with E-state index in [1.54, 1.807) is 0 Å². The maximum atomic E-state index is 7.37. The summed E-state index contributed by atoms with van der Waals surface area (Å²) in [6, 6.07) is 0.257. The molecule has 1 heterocycles. The molecule has 0 radical (unpaired) electrons. The molecular formula is C7H15N5O. The molecule has 0 aromatic rings. The van der Waals surface area contributed by atoms with Gasteiger partial charge < -0.3 is 15.8 Å². The molecule has 6 nitrogen and oxygen atoms in total. The third-order valence-electron chi connectivity index (χ3n) is 1.83. The topological polar surface area (TPSA) is 107 Å². The first-order valence-corrected chi connectivity index (χ1v) is 4.22. The number of rotatable bonds is 1. The average Bonchev–Trinajstić information content (AvgIpc) is 2.04. The molecule has 6 N–H and O–H groups in total. The molecule has 0 saturated carbocycles. The Balaban J connectivity index is 2.22. The van der Waals surface area contributed by atoms with Crippen molar-refractivity contribution in [1.82, 2.24) is 10.6 Å². The summed E-state index contributed by atoms with van der Waals surface area (Å²) in [7, 11) is 0. The standard InChI is InChI=1S/C7H15N5O/c8-6(9)12-7(10)11-5-1-3-13-4-2-5/h5H,1-4H2,(H6,8,9,10,11,12). The number of nitrogens with one attached hydrogen (secondary N) is 4. The van der Waals surface area contributed by atoms with Crippen LogP contribution in [0.5, 0.6) is 0 Å². The van der Waals surface area contributed by atoms with E-state index in [0.717, 1.165) is 26.1 Å². The molecule has 0 aromatic carbocycles. The second-order valence-electron chi connectivity index (χ2n) is 2.94. The lowest BCUT2D eigenvalue weighted by Crippen LogP contribution is -2.48. The van der Waals surface area contributed by atoms with E-state index in [-0.39, 0.29) is 18.0 Å². The van der Waals surface area contributed by atoms with Crippen LogP contribution in [0.3, 0.4) is 0 Å². The van der Waals surface area contributed by atoms with E-state index >= 15 is 0 Å². The highest BCUT2D eigenvalue weighted by Gasteiger charge is 2.14. The Morgan fingerprint density at radius 3 is 2.46 bits per heavy atom. The minimum atomic E-state index is -0.218. The molecule has 13 heavy (non-hydrogen) atoms. The predicted octanol–water partition coefficient (Wildman–Crippen LogP) is -0.827. The zero-order chi connectivity index (χ0) is 9.68. The van der Waals surface area contributed by atoms with Gasteiger partial charge in [-0.2, -0.15) is 0 Å². The third-order valence-corrected chi connectivity index (χ3v) is 1.83. The molecule has 1 saturated heterocycles. The number of guanidine groups is 2. The molecule has 74 valence electrons. The van der Waals surface area contributed by atoms with Gasteiger partial charge in [-0.1, -0.05) is 0 Å². The monoisotopic (exact) mass is 185 g/mol. The maximum absolute atomic E-state index is 7.37. The summed E-state index contributed by atoms with van der Waals surface area (Å²) < 4.78 is 5.16. The van der Waals surface area contributed by atoms with Crippen LogP contribution in [0.4, 0.5) is 0 Å². The van der Waals surface area contributed by atoms with Crippen LogP contribution in [0.1, 0.15) is 12.8 Å². The molecule has 0 amide bonds. The van der Waals surface area contributed by atoms with Crippen LogP contribution in [-0.2, 0) is 4.74 Å². The van der Waals surface area contributed by atoms with Gasteiger partial charge in [0.25, 0.3) is 0 Å². The Kier molecular flexibility index (Phi) is 3.51. The van der Waals surface area contributed by atoms with Crippen molar-refractivity contribution >= 4 is 11.9 Å². The van der Waals surface area contributed by atoms with E-state index in [4.69, 9.17) is 21.3 Å². The number of hydrogen-bond acceptors (Lipinski definition) is 3. The fourth-order valence-corrected chi connectivity index (χ4v) is 1.22. The Morgan fingerprint density at radius 2 is 1.92 bits per heavy atom. The van der Waals surface area contributed by atoms with Gasteiger partial charge in [0.2, 0.25) is 0 Å². The van der Waals surface area contributed by atoms with E-state index in [1.807, 2.05) is 0 Å². The summed E-state index contributed by atoms with van der Waals surface area (Å²) >= 11 is 0. The van der Waals surface area contributed by atoms with Crippen LogP contribution in [0.15, 0.2) is 0 Å². The quantitative estimate of drug-likeness (QED) is 0.271. The van der Waals surface area contributed by atoms with Crippen molar-refractivity contribution in [2.24, 2.45) is 5.73 Å². The Hall–Kier alpha value is -1.30. The Morgan fingerprint density at radius 1 is 1.31 bits per heavy atom. The average molecular weight is 185 g/mol. The summed E-state index contributed by atoms with van der Waals surface area (Å²) in [5, 5.41) is 19.6. The molecule has 1 fully saturated rings. The first-order chi connectivity index (χ1) is 6.18. The van der Waals surface area contributed by atoms with Gasteiger partial charge in [-0.25, -0.2) is 0 Å². The summed E-state index contributed by atoms with van der Waals surface area (Å²) in [6.45, 7) is 1.45. The van der Waals surface area contributed by atoms with Crippen LogP contribution in [0.2, 0.25) is 0 Å². The Bertz CT molecular complexity index is 199. The molecule has 0 unspecified atom stereocenters. The van der Waals surface area contributed by atoms with Gasteiger partial charge in [-0.05, 0) is 12.8 Å². The molecule has 0 aliphatic carbocycles. The van der Waals surface area contributed by atoms with Crippen molar-refractivity contribution in [2.75, 3.05) is 13.2 Å². The van der Waals surface area contributed by atoms with Gasteiger partial charge in [-0.3, -0.25) is 16.1 Å². The molecule has 0 bridgehead atoms. The van der Waals surface area contributed by atoms with Crippen LogP contribution >= 0.6 is 0 Å². The van der Waals surface area contributed by atoms with E-state index < -0.39 is 0 Å². The molecule has 1 aliphatic rings. The maximum Gasteiger partial charge on any atom is 0.195 e. The molecule has 1 aliphatic heterocycles. The first-order valence-electron chi connectivity index (χ1n) is 4.22. The lowest BCUT2D eigenvalue weighted by atomic mass is 10.1. The fraction of sp³-hybridized carbons (Fsp3) is 0.714. The number of ether oxygens (including phenoxy) is 1. The van der Waals surface area contributed by atoms with Crippen molar-refractivity contribution in [3.63, 3.8) is 0 Å². The van der Waals surface area contributed by atoms with Gasteiger partial charge in [0, 0.05) is 19.3 Å². The zero-order valence-electron chi connectivity index (χ0n) is 7.39. The first kappa shape index (κ1) is 9.79. The van der Waals surface area contributed by atoms with Crippen molar-refractivity contribution in [3.05, 3.63) is 0 Å². The predicted molar refractivity (Wildman–Crippen MR) is 49.8 cm³/mol. The minimum absolute atomic E-state index is 0.0828. The van der Waals surface area contributed by atoms with Gasteiger partial charge >= 0.3 is 0 Å². The van der Waals surface area contributed by atoms with Crippen molar-refractivity contribution in [1.29, 1.82) is 10.8 Å². The second-order valence-corrected chi connectivity index (χ2v) is 2.94. The third kappa shape index (κ3) is 3.75. The number of hydrogen-bond donors (Lipinski definition) is 5. The minimum Gasteiger partial charge on any atom is -0.381 e. The molecule has 0 aromatic heterocycles. The molecular weight excluding hydrogens is 170 g/mol. The SMILES string of the molecule is N=C(N)NC(=N)NC1CCOCC1. The highest BCUT2D eigenvalue weighted by atomic mass is 16.5. The molecule has 1 rings (SSSR count). The highest BCUT2D eigenvalue weighted by Crippen LogP contribution is 2.05. The van der Waals surface area contributed by atoms with E-state index in [1.165, 1.54) is 0 Å². The largest absolute Gasteiger partial charge is 0.381 e. The zero-order valence-corrected chi connectivity index (χ0v) is 7.39. The van der Waals surface area contributed by atoms with E-state index in [9.17, 15) is 0 Å².